The fourth-order valence-electron chi connectivity index (χ4n) is 2.88. The van der Waals surface area contributed by atoms with Crippen LogP contribution in [0.3, 0.4) is 0 Å². The summed E-state index contributed by atoms with van der Waals surface area (Å²) in [4.78, 5) is 2.63. The van der Waals surface area contributed by atoms with Crippen LogP contribution in [-0.4, -0.2) is 74.3 Å². The van der Waals surface area contributed by atoms with E-state index >= 15 is 0 Å². The third-order valence-corrected chi connectivity index (χ3v) is 4.18. The molecule has 2 aliphatic rings. The lowest BCUT2D eigenvalue weighted by Crippen LogP contribution is -2.34. The molecular weight excluding hydrogens is 268 g/mol. The lowest BCUT2D eigenvalue weighted by molar-refractivity contribution is -0.0101. The maximum absolute atomic E-state index is 9.84. The van der Waals surface area contributed by atoms with Gasteiger partial charge in [-0.2, -0.15) is 0 Å². The minimum absolute atomic E-state index is 0.238. The Morgan fingerprint density at radius 3 is 2.76 bits per heavy atom. The van der Waals surface area contributed by atoms with Crippen molar-refractivity contribution < 1.29 is 14.6 Å². The maximum Gasteiger partial charge on any atom is 0.0897 e. The maximum atomic E-state index is 9.84. The Balaban J connectivity index is 1.41. The standard InChI is InChI=1S/C16H32N2O3/c1-13(2)21-8-7-20-12-16(19)10-17-9-14-5-6-18(11-14)15-3-4-15/h13-17,19H,3-12H2,1-2H3. The van der Waals surface area contributed by atoms with Gasteiger partial charge in [0.05, 0.1) is 32.0 Å². The lowest BCUT2D eigenvalue weighted by Gasteiger charge is -2.17. The first-order valence-corrected chi connectivity index (χ1v) is 8.47. The van der Waals surface area contributed by atoms with E-state index in [1.54, 1.807) is 0 Å². The van der Waals surface area contributed by atoms with Gasteiger partial charge < -0.3 is 24.8 Å². The van der Waals surface area contributed by atoms with Gasteiger partial charge in [-0.1, -0.05) is 0 Å². The van der Waals surface area contributed by atoms with Gasteiger partial charge in [0.25, 0.3) is 0 Å². The summed E-state index contributed by atoms with van der Waals surface area (Å²) in [6, 6.07) is 0.891. The Hall–Kier alpha value is -0.200. The molecule has 5 heteroatoms. The first-order valence-electron chi connectivity index (χ1n) is 8.47. The Kier molecular flexibility index (Phi) is 7.40. The molecule has 2 unspecified atom stereocenters. The third-order valence-electron chi connectivity index (χ3n) is 4.18. The summed E-state index contributed by atoms with van der Waals surface area (Å²) in [5, 5.41) is 13.2. The quantitative estimate of drug-likeness (QED) is 0.554. The summed E-state index contributed by atoms with van der Waals surface area (Å²) in [5.41, 5.74) is 0. The zero-order valence-electron chi connectivity index (χ0n) is 13.6. The van der Waals surface area contributed by atoms with Crippen molar-refractivity contribution in [1.82, 2.24) is 10.2 Å². The Bertz CT molecular complexity index is 285. The van der Waals surface area contributed by atoms with Crippen LogP contribution >= 0.6 is 0 Å². The molecule has 2 rings (SSSR count). The van der Waals surface area contributed by atoms with Crippen LogP contribution in [0.15, 0.2) is 0 Å². The minimum Gasteiger partial charge on any atom is -0.389 e. The summed E-state index contributed by atoms with van der Waals surface area (Å²) in [7, 11) is 0. The SMILES string of the molecule is CC(C)OCCOCC(O)CNCC1CCN(C2CC2)C1. The molecule has 5 nitrogen and oxygen atoms in total. The van der Waals surface area contributed by atoms with Crippen molar-refractivity contribution >= 4 is 0 Å². The van der Waals surface area contributed by atoms with Gasteiger partial charge >= 0.3 is 0 Å². The van der Waals surface area contributed by atoms with E-state index in [0.717, 1.165) is 18.5 Å². The number of nitrogens with one attached hydrogen (secondary N) is 1. The molecule has 0 aromatic rings. The summed E-state index contributed by atoms with van der Waals surface area (Å²) in [5.74, 6) is 0.748. The number of hydrogen-bond donors (Lipinski definition) is 2. The van der Waals surface area contributed by atoms with Gasteiger partial charge in [-0.25, -0.2) is 0 Å². The molecule has 1 saturated heterocycles. The van der Waals surface area contributed by atoms with E-state index in [1.807, 2.05) is 13.8 Å². The largest absolute Gasteiger partial charge is 0.389 e. The summed E-state index contributed by atoms with van der Waals surface area (Å²) in [6.07, 6.45) is 3.91. The van der Waals surface area contributed by atoms with E-state index in [1.165, 1.54) is 32.4 Å². The van der Waals surface area contributed by atoms with Gasteiger partial charge in [0.15, 0.2) is 0 Å². The second-order valence-corrected chi connectivity index (χ2v) is 6.69. The van der Waals surface area contributed by atoms with Crippen LogP contribution in [0.1, 0.15) is 33.1 Å². The predicted octanol–water partition coefficient (Wildman–Crippen LogP) is 0.863. The highest BCUT2D eigenvalue weighted by molar-refractivity contribution is 4.89. The van der Waals surface area contributed by atoms with E-state index < -0.39 is 6.10 Å². The Morgan fingerprint density at radius 2 is 2.05 bits per heavy atom. The smallest absolute Gasteiger partial charge is 0.0897 e. The minimum atomic E-state index is -0.426. The molecule has 0 radical (unpaired) electrons. The number of aliphatic hydroxyl groups is 1. The zero-order chi connectivity index (χ0) is 15.1. The first kappa shape index (κ1) is 17.2. The van der Waals surface area contributed by atoms with E-state index in [-0.39, 0.29) is 6.10 Å². The summed E-state index contributed by atoms with van der Waals surface area (Å²) >= 11 is 0. The van der Waals surface area contributed by atoms with Crippen LogP contribution in [0, 0.1) is 5.92 Å². The molecular formula is C16H32N2O3. The second-order valence-electron chi connectivity index (χ2n) is 6.69. The number of aliphatic hydroxyl groups excluding tert-OH is 1. The number of rotatable bonds is 11. The van der Waals surface area contributed by atoms with Gasteiger partial charge in [-0.15, -0.1) is 0 Å². The van der Waals surface area contributed by atoms with Crippen LogP contribution in [0.5, 0.6) is 0 Å². The Labute approximate surface area is 129 Å². The molecule has 2 fully saturated rings. The van der Waals surface area contributed by atoms with E-state index in [4.69, 9.17) is 9.47 Å². The van der Waals surface area contributed by atoms with Crippen LogP contribution in [0.4, 0.5) is 0 Å². The first-order chi connectivity index (χ1) is 10.1. The van der Waals surface area contributed by atoms with Crippen molar-refractivity contribution in [3.8, 4) is 0 Å². The number of ether oxygens (including phenoxy) is 2. The van der Waals surface area contributed by atoms with Crippen LogP contribution < -0.4 is 5.32 Å². The molecule has 124 valence electrons. The van der Waals surface area contributed by atoms with E-state index in [2.05, 4.69) is 10.2 Å². The Morgan fingerprint density at radius 1 is 1.24 bits per heavy atom. The molecule has 1 heterocycles. The molecule has 1 saturated carbocycles. The van der Waals surface area contributed by atoms with Gasteiger partial charge in [-0.3, -0.25) is 0 Å². The molecule has 21 heavy (non-hydrogen) atoms. The average molecular weight is 300 g/mol. The number of likely N-dealkylation sites (tertiary alicyclic amines) is 1. The van der Waals surface area contributed by atoms with E-state index in [9.17, 15) is 5.11 Å². The molecule has 0 spiro atoms. The summed E-state index contributed by atoms with van der Waals surface area (Å²) < 4.78 is 10.8. The zero-order valence-corrected chi connectivity index (χ0v) is 13.6. The van der Waals surface area contributed by atoms with Gasteiger partial charge in [0, 0.05) is 19.1 Å². The van der Waals surface area contributed by atoms with E-state index in [0.29, 0.717) is 26.4 Å². The van der Waals surface area contributed by atoms with Crippen LogP contribution in [-0.2, 0) is 9.47 Å². The molecule has 1 aliphatic heterocycles. The summed E-state index contributed by atoms with van der Waals surface area (Å²) in [6.45, 7) is 9.66. The average Bonchev–Trinajstić information content (AvgIpc) is 3.18. The number of hydrogen-bond acceptors (Lipinski definition) is 5. The monoisotopic (exact) mass is 300 g/mol. The third kappa shape index (κ3) is 7.06. The fraction of sp³-hybridized carbons (Fsp3) is 1.00. The molecule has 0 aromatic heterocycles. The predicted molar refractivity (Wildman–Crippen MR) is 83.5 cm³/mol. The van der Waals surface area contributed by atoms with Crippen molar-refractivity contribution in [3.05, 3.63) is 0 Å². The van der Waals surface area contributed by atoms with Crippen LogP contribution in [0.2, 0.25) is 0 Å². The second kappa shape index (κ2) is 9.06. The molecule has 2 N–H and O–H groups in total. The lowest BCUT2D eigenvalue weighted by atomic mass is 10.1. The highest BCUT2D eigenvalue weighted by Gasteiger charge is 2.33. The van der Waals surface area contributed by atoms with Crippen molar-refractivity contribution in [3.63, 3.8) is 0 Å². The van der Waals surface area contributed by atoms with Gasteiger partial charge in [0.2, 0.25) is 0 Å². The van der Waals surface area contributed by atoms with Crippen LogP contribution in [0.25, 0.3) is 0 Å². The van der Waals surface area contributed by atoms with Gasteiger partial charge in [0.1, 0.15) is 0 Å². The molecule has 0 aromatic carbocycles. The molecule has 0 amide bonds. The highest BCUT2D eigenvalue weighted by atomic mass is 16.5. The van der Waals surface area contributed by atoms with Crippen molar-refractivity contribution in [2.75, 3.05) is 46.0 Å². The normalized spacial score (nSPS) is 24.9. The van der Waals surface area contributed by atoms with Crippen molar-refractivity contribution in [1.29, 1.82) is 0 Å². The number of nitrogens with zero attached hydrogens (tertiary/aromatic N) is 1. The molecule has 2 atom stereocenters. The fourth-order valence-corrected chi connectivity index (χ4v) is 2.88. The van der Waals surface area contributed by atoms with Crippen molar-refractivity contribution in [2.24, 2.45) is 5.92 Å². The topological polar surface area (TPSA) is 54.0 Å². The molecule has 1 aliphatic carbocycles. The highest BCUT2D eigenvalue weighted by Crippen LogP contribution is 2.31. The van der Waals surface area contributed by atoms with Gasteiger partial charge in [-0.05, 0) is 52.1 Å². The molecule has 0 bridgehead atoms. The van der Waals surface area contributed by atoms with Crippen molar-refractivity contribution in [2.45, 2.75) is 51.4 Å².